The largest absolute Gasteiger partial charge is 0.478 e. The summed E-state index contributed by atoms with van der Waals surface area (Å²) < 4.78 is 23.4. The number of carboxylic acids is 1. The number of aryl methyl sites for hydroxylation is 1. The summed E-state index contributed by atoms with van der Waals surface area (Å²) in [6.07, 6.45) is 5.26. The number of anilines is 1. The lowest BCUT2D eigenvalue weighted by molar-refractivity contribution is 0.0696. The Hall–Kier alpha value is -3.72. The Balaban J connectivity index is 1.40. The van der Waals surface area contributed by atoms with E-state index >= 15 is 0 Å². The van der Waals surface area contributed by atoms with Crippen molar-refractivity contribution in [2.75, 3.05) is 17.7 Å². The molecule has 1 aliphatic carbocycles. The lowest BCUT2D eigenvalue weighted by Gasteiger charge is -2.24. The Morgan fingerprint density at radius 3 is 2.38 bits per heavy atom. The summed E-state index contributed by atoms with van der Waals surface area (Å²) in [6.45, 7) is 2.72. The number of aromatic carboxylic acids is 1. The Kier molecular flexibility index (Phi) is 6.27. The third kappa shape index (κ3) is 4.71. The van der Waals surface area contributed by atoms with Gasteiger partial charge >= 0.3 is 12.0 Å². The molecule has 0 unspecified atom stereocenters. The van der Waals surface area contributed by atoms with Gasteiger partial charge in [-0.3, -0.25) is 4.90 Å². The van der Waals surface area contributed by atoms with Crippen LogP contribution in [0, 0.1) is 6.92 Å². The molecule has 0 radical (unpaired) electrons. The predicted molar refractivity (Wildman–Crippen MR) is 141 cm³/mol. The first-order valence-electron chi connectivity index (χ1n) is 12.3. The summed E-state index contributed by atoms with van der Waals surface area (Å²) in [4.78, 5) is 31.7. The molecule has 0 bridgehead atoms. The second-order valence-corrected chi connectivity index (χ2v) is 12.1. The highest BCUT2D eigenvalue weighted by molar-refractivity contribution is 7.90. The van der Waals surface area contributed by atoms with Gasteiger partial charge in [-0.1, -0.05) is 31.0 Å². The van der Waals surface area contributed by atoms with Crippen molar-refractivity contribution in [2.24, 2.45) is 0 Å². The molecule has 1 aliphatic heterocycles. The highest BCUT2D eigenvalue weighted by atomic mass is 32.2. The first kappa shape index (κ1) is 25.0. The molecule has 1 spiro atoms. The van der Waals surface area contributed by atoms with Crippen LogP contribution in [0.3, 0.4) is 0 Å². The molecule has 2 N–H and O–H groups in total. The van der Waals surface area contributed by atoms with Crippen LogP contribution in [0.1, 0.15) is 52.9 Å². The first-order chi connectivity index (χ1) is 17.6. The van der Waals surface area contributed by atoms with Crippen LogP contribution >= 0.6 is 0 Å². The van der Waals surface area contributed by atoms with Crippen molar-refractivity contribution in [3.63, 3.8) is 0 Å². The normalized spacial score (nSPS) is 16.1. The number of hydrogen-bond donors (Lipinski definition) is 2. The molecule has 192 valence electrons. The SMILES string of the molecule is Cc1cc(C(=O)O)ccc1-c1ccc2c(n1)C1(CCCC1)CN2C(=O)NCc1ccc(S(C)(=O)=O)cc1. The Bertz CT molecular complexity index is 1490. The van der Waals surface area contributed by atoms with Crippen LogP contribution in [0.2, 0.25) is 0 Å². The number of sulfone groups is 1. The maximum Gasteiger partial charge on any atom is 0.335 e. The van der Waals surface area contributed by atoms with Crippen LogP contribution in [0.25, 0.3) is 11.3 Å². The van der Waals surface area contributed by atoms with Gasteiger partial charge in [0.25, 0.3) is 0 Å². The van der Waals surface area contributed by atoms with Gasteiger partial charge in [0.15, 0.2) is 9.84 Å². The third-order valence-electron chi connectivity index (χ3n) is 7.48. The van der Waals surface area contributed by atoms with Gasteiger partial charge in [0, 0.05) is 30.3 Å². The number of carbonyl (C=O) groups is 2. The van der Waals surface area contributed by atoms with Crippen LogP contribution in [-0.2, 0) is 21.8 Å². The summed E-state index contributed by atoms with van der Waals surface area (Å²) in [6, 6.07) is 15.2. The molecule has 9 heteroatoms. The molecule has 8 nitrogen and oxygen atoms in total. The third-order valence-corrected chi connectivity index (χ3v) is 8.61. The second-order valence-electron chi connectivity index (χ2n) is 10.0. The minimum Gasteiger partial charge on any atom is -0.478 e. The fourth-order valence-corrected chi connectivity index (χ4v) is 6.14. The fourth-order valence-electron chi connectivity index (χ4n) is 5.51. The summed E-state index contributed by atoms with van der Waals surface area (Å²) >= 11 is 0. The van der Waals surface area contributed by atoms with E-state index in [2.05, 4.69) is 5.32 Å². The van der Waals surface area contributed by atoms with Crippen LogP contribution in [0.15, 0.2) is 59.5 Å². The second kappa shape index (κ2) is 9.30. The zero-order valence-corrected chi connectivity index (χ0v) is 21.6. The average Bonchev–Trinajstić information content (AvgIpc) is 3.47. The minimum atomic E-state index is -3.27. The smallest absolute Gasteiger partial charge is 0.335 e. The lowest BCUT2D eigenvalue weighted by Crippen LogP contribution is -2.41. The van der Waals surface area contributed by atoms with Gasteiger partial charge in [-0.05, 0) is 67.3 Å². The Labute approximate surface area is 216 Å². The van der Waals surface area contributed by atoms with E-state index in [0.29, 0.717) is 6.54 Å². The fraction of sp³-hybridized carbons (Fsp3) is 0.321. The number of fused-ring (bicyclic) bond motifs is 2. The van der Waals surface area contributed by atoms with Gasteiger partial charge < -0.3 is 10.4 Å². The number of carbonyl (C=O) groups excluding carboxylic acids is 1. The molecule has 1 aromatic heterocycles. The number of rotatable bonds is 5. The molecule has 37 heavy (non-hydrogen) atoms. The molecular weight excluding hydrogens is 490 g/mol. The highest BCUT2D eigenvalue weighted by Gasteiger charge is 2.47. The predicted octanol–water partition coefficient (Wildman–Crippen LogP) is 4.70. The maximum atomic E-state index is 13.3. The quantitative estimate of drug-likeness (QED) is 0.505. The zero-order chi connectivity index (χ0) is 26.4. The van der Waals surface area contributed by atoms with E-state index in [1.54, 1.807) is 47.4 Å². The molecule has 5 rings (SSSR count). The van der Waals surface area contributed by atoms with E-state index in [4.69, 9.17) is 4.98 Å². The van der Waals surface area contributed by atoms with Gasteiger partial charge in [0.05, 0.1) is 27.5 Å². The monoisotopic (exact) mass is 519 g/mol. The number of nitrogens with one attached hydrogen (secondary N) is 1. The number of urea groups is 1. The lowest BCUT2D eigenvalue weighted by atomic mass is 9.84. The van der Waals surface area contributed by atoms with Crippen LogP contribution < -0.4 is 10.2 Å². The molecular formula is C28H29N3O5S. The number of pyridine rings is 1. The molecule has 2 aliphatic rings. The number of benzene rings is 2. The number of aromatic nitrogens is 1. The summed E-state index contributed by atoms with van der Waals surface area (Å²) in [5, 5.41) is 12.3. The van der Waals surface area contributed by atoms with Crippen LogP contribution in [0.5, 0.6) is 0 Å². The highest BCUT2D eigenvalue weighted by Crippen LogP contribution is 2.50. The average molecular weight is 520 g/mol. The van der Waals surface area contributed by atoms with Gasteiger partial charge in [-0.25, -0.2) is 23.0 Å². The molecule has 2 amide bonds. The summed E-state index contributed by atoms with van der Waals surface area (Å²) in [7, 11) is -3.27. The van der Waals surface area contributed by atoms with Crippen molar-refractivity contribution in [3.8, 4) is 11.3 Å². The molecule has 2 aromatic carbocycles. The Morgan fingerprint density at radius 2 is 1.76 bits per heavy atom. The van der Waals surface area contributed by atoms with Crippen LogP contribution in [-0.4, -0.2) is 43.3 Å². The number of carboxylic acid groups (broad SMARTS) is 1. The van der Waals surface area contributed by atoms with E-state index in [1.807, 2.05) is 19.1 Å². The number of amides is 2. The van der Waals surface area contributed by atoms with Crippen molar-refractivity contribution in [1.82, 2.24) is 10.3 Å². The first-order valence-corrected chi connectivity index (χ1v) is 14.2. The molecule has 2 heterocycles. The molecule has 3 aromatic rings. The van der Waals surface area contributed by atoms with Crippen molar-refractivity contribution in [1.29, 1.82) is 0 Å². The standard InChI is InChI=1S/C28H29N3O5S/c1-18-15-20(26(32)33)7-10-22(18)23-11-12-24-25(30-23)28(13-3-4-14-28)17-31(24)27(34)29-16-19-5-8-21(9-6-19)37(2,35)36/h5-12,15H,3-4,13-14,16-17H2,1-2H3,(H,29,34)(H,32,33). The van der Waals surface area contributed by atoms with E-state index in [9.17, 15) is 23.1 Å². The van der Waals surface area contributed by atoms with E-state index in [1.165, 1.54) is 6.26 Å². The van der Waals surface area contributed by atoms with Crippen molar-refractivity contribution >= 4 is 27.5 Å². The van der Waals surface area contributed by atoms with Crippen molar-refractivity contribution < 1.29 is 23.1 Å². The van der Waals surface area contributed by atoms with Gasteiger partial charge in [-0.15, -0.1) is 0 Å². The number of nitrogens with zero attached hydrogens (tertiary/aromatic N) is 2. The van der Waals surface area contributed by atoms with Crippen LogP contribution in [0.4, 0.5) is 10.5 Å². The van der Waals surface area contributed by atoms with E-state index in [0.717, 1.165) is 59.4 Å². The summed E-state index contributed by atoms with van der Waals surface area (Å²) in [5.74, 6) is -0.963. The maximum absolute atomic E-state index is 13.3. The molecule has 1 saturated carbocycles. The van der Waals surface area contributed by atoms with Crippen molar-refractivity contribution in [2.45, 2.75) is 49.5 Å². The van der Waals surface area contributed by atoms with E-state index < -0.39 is 15.8 Å². The zero-order valence-electron chi connectivity index (χ0n) is 20.8. The minimum absolute atomic E-state index is 0.186. The van der Waals surface area contributed by atoms with Gasteiger partial charge in [-0.2, -0.15) is 0 Å². The topological polar surface area (TPSA) is 117 Å². The molecule has 0 saturated heterocycles. The molecule has 1 fully saturated rings. The number of hydrogen-bond acceptors (Lipinski definition) is 5. The van der Waals surface area contributed by atoms with Gasteiger partial charge in [0.2, 0.25) is 0 Å². The van der Waals surface area contributed by atoms with Crippen molar-refractivity contribution in [3.05, 3.63) is 77.0 Å². The Morgan fingerprint density at radius 1 is 1.05 bits per heavy atom. The molecule has 0 atom stereocenters. The summed E-state index contributed by atoms with van der Waals surface area (Å²) in [5.41, 5.74) is 5.07. The van der Waals surface area contributed by atoms with E-state index in [-0.39, 0.29) is 28.4 Å². The van der Waals surface area contributed by atoms with Gasteiger partial charge in [0.1, 0.15) is 0 Å².